The fourth-order valence-electron chi connectivity index (χ4n) is 2.96. The van der Waals surface area contributed by atoms with Gasteiger partial charge in [0.1, 0.15) is 19.2 Å². The van der Waals surface area contributed by atoms with Crippen LogP contribution in [0.4, 0.5) is 5.69 Å². The quantitative estimate of drug-likeness (QED) is 0.433. The maximum Gasteiger partial charge on any atom is 0.246 e. The molecule has 0 aromatic carbocycles. The van der Waals surface area contributed by atoms with Crippen LogP contribution in [0.15, 0.2) is 30.0 Å². The number of aliphatic imine (C=N–C) groups is 1. The number of nitrogens with zero attached hydrogens (tertiary/aromatic N) is 8. The van der Waals surface area contributed by atoms with Crippen LogP contribution >= 0.6 is 0 Å². The van der Waals surface area contributed by atoms with Gasteiger partial charge in [0.15, 0.2) is 5.96 Å². The van der Waals surface area contributed by atoms with E-state index >= 15 is 0 Å². The molecule has 2 aromatic heterocycles. The Hall–Kier alpha value is -2.91. The van der Waals surface area contributed by atoms with Crippen LogP contribution in [-0.2, 0) is 18.4 Å². The van der Waals surface area contributed by atoms with Crippen molar-refractivity contribution in [2.24, 2.45) is 12.0 Å². The van der Waals surface area contributed by atoms with E-state index in [-0.39, 0.29) is 5.91 Å². The van der Waals surface area contributed by atoms with Gasteiger partial charge in [0.05, 0.1) is 11.9 Å². The van der Waals surface area contributed by atoms with Gasteiger partial charge in [-0.05, 0) is 12.8 Å². The molecule has 0 unspecified atom stereocenters. The molecule has 0 saturated carbocycles. The first-order valence-electron chi connectivity index (χ1n) is 8.74. The average molecular weight is 359 g/mol. The Morgan fingerprint density at radius 1 is 1.27 bits per heavy atom. The van der Waals surface area contributed by atoms with Crippen LogP contribution in [0.3, 0.4) is 0 Å². The first kappa shape index (κ1) is 17.9. The minimum absolute atomic E-state index is 0.0554. The van der Waals surface area contributed by atoms with Crippen LogP contribution in [0.1, 0.15) is 12.8 Å². The maximum atomic E-state index is 12.5. The fraction of sp³-hybridized carbons (Fsp3) is 0.562. The normalized spacial score (nSPS) is 15.6. The second kappa shape index (κ2) is 8.45. The molecule has 0 radical (unpaired) electrons. The standard InChI is InChI=1S/C16H25N9O/c1-17-16(18-5-3-4-6-23-12-19-20-13-23)24-7-8-25(15(26)11-24)14-9-21-22(2)10-14/h9-10,12-13H,3-8,11H2,1-2H3,(H,17,18). The molecule has 0 spiro atoms. The maximum absolute atomic E-state index is 12.5. The number of anilines is 1. The summed E-state index contributed by atoms with van der Waals surface area (Å²) in [6.45, 7) is 3.39. The van der Waals surface area contributed by atoms with Gasteiger partial charge in [0, 0.05) is 46.5 Å². The van der Waals surface area contributed by atoms with Gasteiger partial charge in [-0.25, -0.2) is 0 Å². The van der Waals surface area contributed by atoms with E-state index in [1.165, 1.54) is 0 Å². The van der Waals surface area contributed by atoms with Crippen molar-refractivity contribution in [1.82, 2.24) is 34.8 Å². The smallest absolute Gasteiger partial charge is 0.246 e. The summed E-state index contributed by atoms with van der Waals surface area (Å²) in [6, 6.07) is 0. The van der Waals surface area contributed by atoms with E-state index < -0.39 is 0 Å². The van der Waals surface area contributed by atoms with E-state index in [1.807, 2.05) is 22.7 Å². The number of hydrogen-bond acceptors (Lipinski definition) is 5. The molecule has 26 heavy (non-hydrogen) atoms. The lowest BCUT2D eigenvalue weighted by molar-refractivity contribution is -0.120. The van der Waals surface area contributed by atoms with Gasteiger partial charge in [-0.1, -0.05) is 0 Å². The Balaban J connectivity index is 1.43. The van der Waals surface area contributed by atoms with Crippen LogP contribution in [0.2, 0.25) is 0 Å². The van der Waals surface area contributed by atoms with Crippen LogP contribution < -0.4 is 10.2 Å². The number of rotatable bonds is 6. The monoisotopic (exact) mass is 359 g/mol. The Kier molecular flexibility index (Phi) is 5.82. The lowest BCUT2D eigenvalue weighted by Gasteiger charge is -2.35. The number of hydrogen-bond donors (Lipinski definition) is 1. The third kappa shape index (κ3) is 4.38. The second-order valence-electron chi connectivity index (χ2n) is 6.22. The van der Waals surface area contributed by atoms with Gasteiger partial charge in [-0.15, -0.1) is 10.2 Å². The van der Waals surface area contributed by atoms with Crippen molar-refractivity contribution in [3.05, 3.63) is 25.0 Å². The lowest BCUT2D eigenvalue weighted by atomic mass is 10.3. The number of guanidine groups is 1. The number of carbonyl (C=O) groups is 1. The predicted molar refractivity (Wildman–Crippen MR) is 97.8 cm³/mol. The minimum atomic E-state index is 0.0554. The van der Waals surface area contributed by atoms with E-state index in [9.17, 15) is 4.79 Å². The van der Waals surface area contributed by atoms with Gasteiger partial charge in [-0.2, -0.15) is 5.10 Å². The van der Waals surface area contributed by atoms with Crippen molar-refractivity contribution in [2.45, 2.75) is 19.4 Å². The highest BCUT2D eigenvalue weighted by Gasteiger charge is 2.27. The van der Waals surface area contributed by atoms with Crippen LogP contribution in [0, 0.1) is 0 Å². The molecular formula is C16H25N9O. The molecule has 140 valence electrons. The summed E-state index contributed by atoms with van der Waals surface area (Å²) in [5, 5.41) is 15.1. The summed E-state index contributed by atoms with van der Waals surface area (Å²) in [7, 11) is 3.59. The largest absolute Gasteiger partial charge is 0.356 e. The van der Waals surface area contributed by atoms with Crippen molar-refractivity contribution in [2.75, 3.05) is 38.1 Å². The van der Waals surface area contributed by atoms with Crippen molar-refractivity contribution < 1.29 is 4.79 Å². The van der Waals surface area contributed by atoms with Gasteiger partial charge in [0.25, 0.3) is 0 Å². The molecule has 3 heterocycles. The summed E-state index contributed by atoms with van der Waals surface area (Å²) < 4.78 is 3.67. The molecule has 1 saturated heterocycles. The molecule has 1 amide bonds. The molecule has 10 nitrogen and oxygen atoms in total. The van der Waals surface area contributed by atoms with Crippen LogP contribution in [0.5, 0.6) is 0 Å². The van der Waals surface area contributed by atoms with E-state index in [4.69, 9.17) is 0 Å². The number of aryl methyl sites for hydroxylation is 2. The van der Waals surface area contributed by atoms with Crippen LogP contribution in [-0.4, -0.2) is 74.5 Å². The topological polar surface area (TPSA) is 96.5 Å². The van der Waals surface area contributed by atoms with Gasteiger partial charge >= 0.3 is 0 Å². The highest BCUT2D eigenvalue weighted by molar-refractivity contribution is 5.98. The molecule has 1 aliphatic rings. The third-order valence-corrected chi connectivity index (χ3v) is 4.33. The SMILES string of the molecule is CN=C(NCCCCn1cnnc1)N1CCN(c2cnn(C)c2)C(=O)C1. The molecule has 0 bridgehead atoms. The summed E-state index contributed by atoms with van der Waals surface area (Å²) in [5.41, 5.74) is 0.842. The Bertz CT molecular complexity index is 737. The first-order chi connectivity index (χ1) is 12.7. The molecule has 1 aliphatic heterocycles. The third-order valence-electron chi connectivity index (χ3n) is 4.33. The summed E-state index contributed by atoms with van der Waals surface area (Å²) >= 11 is 0. The Morgan fingerprint density at radius 2 is 2.08 bits per heavy atom. The molecule has 1 N–H and O–H groups in total. The van der Waals surface area contributed by atoms with Crippen molar-refractivity contribution in [1.29, 1.82) is 0 Å². The molecule has 10 heteroatoms. The molecular weight excluding hydrogens is 334 g/mol. The highest BCUT2D eigenvalue weighted by atomic mass is 16.2. The zero-order valence-electron chi connectivity index (χ0n) is 15.2. The van der Waals surface area contributed by atoms with Crippen LogP contribution in [0.25, 0.3) is 0 Å². The van der Waals surface area contributed by atoms with E-state index in [0.717, 1.165) is 44.1 Å². The second-order valence-corrected chi connectivity index (χ2v) is 6.22. The number of piperazine rings is 1. The highest BCUT2D eigenvalue weighted by Crippen LogP contribution is 2.16. The first-order valence-corrected chi connectivity index (χ1v) is 8.74. The molecule has 0 atom stereocenters. The minimum Gasteiger partial charge on any atom is -0.356 e. The number of carbonyl (C=O) groups excluding carboxylic acids is 1. The van der Waals surface area contributed by atoms with E-state index in [0.29, 0.717) is 13.1 Å². The summed E-state index contributed by atoms with van der Waals surface area (Å²) in [6.07, 6.45) is 9.04. The predicted octanol–water partition coefficient (Wildman–Crippen LogP) is -0.284. The zero-order valence-corrected chi connectivity index (χ0v) is 15.2. The Labute approximate surface area is 152 Å². The van der Waals surface area contributed by atoms with E-state index in [2.05, 4.69) is 25.6 Å². The van der Waals surface area contributed by atoms with Crippen molar-refractivity contribution in [3.63, 3.8) is 0 Å². The fourth-order valence-corrected chi connectivity index (χ4v) is 2.96. The number of unbranched alkanes of at least 4 members (excludes halogenated alkanes) is 1. The van der Waals surface area contributed by atoms with Gasteiger partial charge in [-0.3, -0.25) is 14.5 Å². The Morgan fingerprint density at radius 3 is 2.73 bits per heavy atom. The molecule has 1 fully saturated rings. The van der Waals surface area contributed by atoms with Gasteiger partial charge < -0.3 is 19.7 Å². The van der Waals surface area contributed by atoms with Gasteiger partial charge in [0.2, 0.25) is 5.91 Å². The number of nitrogens with one attached hydrogen (secondary N) is 1. The summed E-state index contributed by atoms with van der Waals surface area (Å²) in [4.78, 5) is 20.6. The summed E-state index contributed by atoms with van der Waals surface area (Å²) in [5.74, 6) is 0.827. The molecule has 3 rings (SSSR count). The lowest BCUT2D eigenvalue weighted by Crippen LogP contribution is -2.55. The molecule has 2 aromatic rings. The average Bonchev–Trinajstić information content (AvgIpc) is 3.30. The number of amides is 1. The number of aromatic nitrogens is 5. The van der Waals surface area contributed by atoms with Crippen molar-refractivity contribution >= 4 is 17.6 Å². The molecule has 0 aliphatic carbocycles. The van der Waals surface area contributed by atoms with Crippen molar-refractivity contribution in [3.8, 4) is 0 Å². The van der Waals surface area contributed by atoms with E-state index in [1.54, 1.807) is 35.5 Å². The zero-order chi connectivity index (χ0) is 18.4.